The van der Waals surface area contributed by atoms with Crippen molar-refractivity contribution >= 4 is 53.1 Å². The number of likely N-dealkylation sites (tertiary alicyclic amines) is 1. The Hall–Kier alpha value is -4.63. The fraction of sp³-hybridized carbons (Fsp3) is 0.490. The minimum absolute atomic E-state index is 0.126. The molecule has 4 heterocycles. The minimum atomic E-state index is -3.34. The SMILES string of the molecule is C[C@@H]1Cc2c(n(C(=O)OC(C)(C)C)c3ccccc23)[C@@H](c2cnc(O[C@@H]3C[C@H](C)N(C(=O)OC(C)(C)C)C3)s2)N1CC(F)(F)CO[Si](c1ccccc1)(c1ccccc1)C(C)(C)C. The van der Waals surface area contributed by atoms with Crippen molar-refractivity contribution in [2.75, 3.05) is 19.7 Å². The quantitative estimate of drug-likeness (QED) is 0.128. The van der Waals surface area contributed by atoms with Gasteiger partial charge in [-0.15, -0.1) is 0 Å². The first-order chi connectivity index (χ1) is 29.5. The Labute approximate surface area is 375 Å². The van der Waals surface area contributed by atoms with Gasteiger partial charge in [-0.2, -0.15) is 0 Å². The fourth-order valence-electron chi connectivity index (χ4n) is 9.23. The van der Waals surface area contributed by atoms with E-state index in [4.69, 9.17) is 23.6 Å². The van der Waals surface area contributed by atoms with Crippen molar-refractivity contribution in [3.63, 3.8) is 0 Å². The Bertz CT molecular complexity index is 2370. The second-order valence-electron chi connectivity index (χ2n) is 20.1. The third-order valence-corrected chi connectivity index (χ3v) is 17.7. The molecule has 0 unspecified atom stereocenters. The largest absolute Gasteiger partial charge is 0.465 e. The summed E-state index contributed by atoms with van der Waals surface area (Å²) in [6, 6.07) is 25.9. The van der Waals surface area contributed by atoms with Gasteiger partial charge in [0.05, 0.1) is 41.8 Å². The van der Waals surface area contributed by atoms with Gasteiger partial charge in [0, 0.05) is 30.1 Å². The van der Waals surface area contributed by atoms with E-state index in [9.17, 15) is 9.59 Å². The molecule has 10 nitrogen and oxygen atoms in total. The zero-order valence-electron chi connectivity index (χ0n) is 38.4. The fourth-order valence-corrected chi connectivity index (χ4v) is 14.8. The molecule has 7 rings (SSSR count). The van der Waals surface area contributed by atoms with Crippen LogP contribution >= 0.6 is 11.3 Å². The number of carbonyl (C=O) groups is 2. The summed E-state index contributed by atoms with van der Waals surface area (Å²) in [6.45, 7) is 19.9. The predicted octanol–water partition coefficient (Wildman–Crippen LogP) is 10.2. The Kier molecular flexibility index (Phi) is 12.8. The molecule has 1 amide bonds. The summed E-state index contributed by atoms with van der Waals surface area (Å²) in [6.07, 6.45) is 1.28. The molecule has 0 spiro atoms. The highest BCUT2D eigenvalue weighted by atomic mass is 32.1. The number of hydrogen-bond donors (Lipinski definition) is 0. The molecule has 0 saturated carbocycles. The lowest BCUT2D eigenvalue weighted by atomic mass is 9.91. The second-order valence-corrected chi connectivity index (χ2v) is 25.4. The number of amides is 1. The van der Waals surface area contributed by atoms with E-state index in [1.807, 2.05) is 140 Å². The van der Waals surface area contributed by atoms with Crippen LogP contribution in [0, 0.1) is 0 Å². The van der Waals surface area contributed by atoms with Crippen molar-refractivity contribution in [1.82, 2.24) is 19.4 Å². The molecule has 2 aliphatic rings. The minimum Gasteiger partial charge on any atom is -0.465 e. The zero-order valence-corrected chi connectivity index (χ0v) is 40.2. The second kappa shape index (κ2) is 17.4. The molecule has 5 aromatic rings. The molecule has 1 fully saturated rings. The highest BCUT2D eigenvalue weighted by molar-refractivity contribution is 7.13. The molecule has 14 heteroatoms. The summed E-state index contributed by atoms with van der Waals surface area (Å²) in [4.78, 5) is 36.2. The van der Waals surface area contributed by atoms with Crippen molar-refractivity contribution in [3.05, 3.63) is 107 Å². The summed E-state index contributed by atoms with van der Waals surface area (Å²) in [5, 5.41) is 2.53. The molecule has 338 valence electrons. The number of benzene rings is 3. The number of ether oxygens (including phenoxy) is 3. The molecule has 2 aromatic heterocycles. The molecule has 1 saturated heterocycles. The third-order valence-electron chi connectivity index (χ3n) is 11.8. The Morgan fingerprint density at radius 3 is 1.95 bits per heavy atom. The van der Waals surface area contributed by atoms with Crippen LogP contribution in [0.3, 0.4) is 0 Å². The summed E-state index contributed by atoms with van der Waals surface area (Å²) in [5.74, 6) is -3.34. The van der Waals surface area contributed by atoms with Crippen LogP contribution < -0.4 is 15.1 Å². The zero-order chi connectivity index (χ0) is 45.7. The van der Waals surface area contributed by atoms with E-state index in [0.29, 0.717) is 40.7 Å². The van der Waals surface area contributed by atoms with Gasteiger partial charge < -0.3 is 23.5 Å². The maximum atomic E-state index is 17.3. The van der Waals surface area contributed by atoms with E-state index in [-0.39, 0.29) is 18.2 Å². The summed E-state index contributed by atoms with van der Waals surface area (Å²) >= 11 is 1.26. The maximum absolute atomic E-state index is 17.3. The first-order valence-corrected chi connectivity index (χ1v) is 24.6. The molecule has 0 aliphatic carbocycles. The molecule has 0 N–H and O–H groups in total. The van der Waals surface area contributed by atoms with Crippen LogP contribution in [-0.2, 0) is 20.3 Å². The van der Waals surface area contributed by atoms with Crippen molar-refractivity contribution in [2.24, 2.45) is 0 Å². The van der Waals surface area contributed by atoms with Crippen LogP contribution in [0.25, 0.3) is 10.9 Å². The van der Waals surface area contributed by atoms with Crippen LogP contribution in [0.1, 0.15) is 105 Å². The lowest BCUT2D eigenvalue weighted by Gasteiger charge is -2.45. The monoisotopic (exact) mass is 900 g/mol. The molecular formula is C49H62F2N4O6SSi. The van der Waals surface area contributed by atoms with Crippen LogP contribution in [0.4, 0.5) is 18.4 Å². The van der Waals surface area contributed by atoms with Crippen LogP contribution in [0.15, 0.2) is 91.1 Å². The number of nitrogens with zero attached hydrogens (tertiary/aromatic N) is 4. The van der Waals surface area contributed by atoms with Gasteiger partial charge in [0.2, 0.25) is 0 Å². The van der Waals surface area contributed by atoms with Gasteiger partial charge in [-0.1, -0.05) is 111 Å². The van der Waals surface area contributed by atoms with E-state index in [2.05, 4.69) is 20.8 Å². The van der Waals surface area contributed by atoms with Gasteiger partial charge in [0.25, 0.3) is 19.4 Å². The summed E-state index contributed by atoms with van der Waals surface area (Å²) < 4.78 is 61.1. The van der Waals surface area contributed by atoms with Crippen LogP contribution in [-0.4, -0.2) is 94.9 Å². The summed E-state index contributed by atoms with van der Waals surface area (Å²) in [5.41, 5.74) is 0.627. The van der Waals surface area contributed by atoms with Crippen LogP contribution in [0.5, 0.6) is 5.19 Å². The van der Waals surface area contributed by atoms with Gasteiger partial charge in [0.15, 0.2) is 0 Å². The highest BCUT2D eigenvalue weighted by Crippen LogP contribution is 2.47. The Morgan fingerprint density at radius 1 is 0.794 bits per heavy atom. The van der Waals surface area contributed by atoms with Gasteiger partial charge in [0.1, 0.15) is 17.3 Å². The molecule has 63 heavy (non-hydrogen) atoms. The molecule has 0 bridgehead atoms. The van der Waals surface area contributed by atoms with E-state index in [1.165, 1.54) is 11.3 Å². The van der Waals surface area contributed by atoms with E-state index in [1.54, 1.807) is 20.6 Å². The smallest absolute Gasteiger partial charge is 0.419 e. The topological polar surface area (TPSA) is 95.4 Å². The third kappa shape index (κ3) is 9.74. The van der Waals surface area contributed by atoms with Crippen molar-refractivity contribution in [1.29, 1.82) is 0 Å². The molecule has 4 atom stereocenters. The van der Waals surface area contributed by atoms with Crippen LogP contribution in [0.2, 0.25) is 5.04 Å². The van der Waals surface area contributed by atoms with Crippen molar-refractivity contribution in [2.45, 2.75) is 135 Å². The Balaban J connectivity index is 1.27. The van der Waals surface area contributed by atoms with E-state index >= 15 is 8.78 Å². The number of para-hydroxylation sites is 1. The normalized spacial score (nSPS) is 20.2. The number of alkyl halides is 2. The number of thiazole rings is 1. The van der Waals surface area contributed by atoms with Crippen molar-refractivity contribution < 1.29 is 37.0 Å². The average molecular weight is 901 g/mol. The molecule has 3 aromatic carbocycles. The molecule has 0 radical (unpaired) electrons. The molecule has 2 aliphatic heterocycles. The first kappa shape index (κ1) is 46.4. The number of rotatable bonds is 10. The van der Waals surface area contributed by atoms with Gasteiger partial charge in [-0.25, -0.2) is 27.9 Å². The standard InChI is InChI=1S/C49H62F2N4O6SSi/c1-32-26-34(29-53(32)44(56)60-46(3,4)5)59-43-52-28-40(62-43)42-41-38(37-24-18-19-25-39(37)55(41)45(57)61-47(6,7)8)27-33(2)54(42)30-49(50,51)31-58-63(48(9,10)11,35-20-14-12-15-21-35)36-22-16-13-17-23-36/h12-25,28,32-34,42H,26-27,29-31H2,1-11H3/t32-,33+,34+,42+/m0/s1. The number of fused-ring (bicyclic) bond motifs is 3. The number of hydrogen-bond acceptors (Lipinski definition) is 9. The number of carbonyl (C=O) groups excluding carboxylic acids is 2. The number of halogens is 2. The lowest BCUT2D eigenvalue weighted by molar-refractivity contribution is -0.0820. The highest BCUT2D eigenvalue weighted by Gasteiger charge is 2.53. The van der Waals surface area contributed by atoms with E-state index in [0.717, 1.165) is 21.3 Å². The Morgan fingerprint density at radius 2 is 1.37 bits per heavy atom. The van der Waals surface area contributed by atoms with Gasteiger partial charge in [-0.3, -0.25) is 4.90 Å². The van der Waals surface area contributed by atoms with Gasteiger partial charge in [-0.05, 0) is 88.9 Å². The summed E-state index contributed by atoms with van der Waals surface area (Å²) in [7, 11) is -3.31. The van der Waals surface area contributed by atoms with Gasteiger partial charge >= 0.3 is 12.2 Å². The lowest BCUT2D eigenvalue weighted by Crippen LogP contribution is -2.67. The van der Waals surface area contributed by atoms with E-state index < -0.39 is 61.9 Å². The first-order valence-electron chi connectivity index (χ1n) is 21.8. The predicted molar refractivity (Wildman–Crippen MR) is 247 cm³/mol. The molecular weight excluding hydrogens is 839 g/mol. The van der Waals surface area contributed by atoms with Crippen molar-refractivity contribution in [3.8, 4) is 5.19 Å². The average Bonchev–Trinajstić information content (AvgIpc) is 3.89. The maximum Gasteiger partial charge on any atom is 0.419 e. The number of aromatic nitrogens is 2.